The van der Waals surface area contributed by atoms with Crippen molar-refractivity contribution < 1.29 is 8.82 Å². The van der Waals surface area contributed by atoms with Gasteiger partial charge in [0.15, 0.2) is 8.32 Å². The van der Waals surface area contributed by atoms with E-state index in [1.807, 2.05) is 22.9 Å². The Morgan fingerprint density at radius 2 is 1.79 bits per heavy atom. The molecule has 206 valence electrons. The van der Waals surface area contributed by atoms with Crippen molar-refractivity contribution in [2.45, 2.75) is 83.2 Å². The molecular formula is C29H38FN7OSi. The molecule has 39 heavy (non-hydrogen) atoms. The third-order valence-electron chi connectivity index (χ3n) is 8.86. The van der Waals surface area contributed by atoms with Crippen LogP contribution in [0.3, 0.4) is 0 Å². The molecule has 0 amide bonds. The summed E-state index contributed by atoms with van der Waals surface area (Å²) in [6.45, 7) is 13.3. The largest absolute Gasteiger partial charge is 0.412 e. The molecule has 6 rings (SSSR count). The Morgan fingerprint density at radius 3 is 2.51 bits per heavy atom. The van der Waals surface area contributed by atoms with Gasteiger partial charge in [0, 0.05) is 42.3 Å². The molecule has 0 radical (unpaired) electrons. The second-order valence-corrected chi connectivity index (χ2v) is 17.3. The van der Waals surface area contributed by atoms with Crippen molar-refractivity contribution in [1.82, 2.24) is 24.5 Å². The second-order valence-electron chi connectivity index (χ2n) is 12.5. The van der Waals surface area contributed by atoms with Gasteiger partial charge in [0.2, 0.25) is 11.9 Å². The van der Waals surface area contributed by atoms with Crippen LogP contribution in [0.2, 0.25) is 18.1 Å². The highest BCUT2D eigenvalue weighted by molar-refractivity contribution is 6.74. The Kier molecular flexibility index (Phi) is 6.58. The zero-order valence-electron chi connectivity index (χ0n) is 23.5. The first-order chi connectivity index (χ1) is 18.6. The lowest BCUT2D eigenvalue weighted by molar-refractivity contribution is 0.202. The fourth-order valence-electron chi connectivity index (χ4n) is 5.72. The summed E-state index contributed by atoms with van der Waals surface area (Å²) < 4.78 is 23.6. The number of pyridine rings is 2. The highest BCUT2D eigenvalue weighted by atomic mass is 28.4. The van der Waals surface area contributed by atoms with E-state index in [1.165, 1.54) is 6.20 Å². The summed E-state index contributed by atoms with van der Waals surface area (Å²) >= 11 is 0. The number of hydrogen-bond donors (Lipinski definition) is 1. The van der Waals surface area contributed by atoms with Crippen molar-refractivity contribution in [3.05, 3.63) is 42.7 Å². The van der Waals surface area contributed by atoms with Crippen LogP contribution in [0.4, 0.5) is 21.8 Å². The minimum atomic E-state index is -1.79. The van der Waals surface area contributed by atoms with Gasteiger partial charge in [-0.3, -0.25) is 0 Å². The Hall–Kier alpha value is -3.11. The molecule has 1 saturated heterocycles. The van der Waals surface area contributed by atoms with E-state index in [4.69, 9.17) is 9.41 Å². The number of hydrogen-bond acceptors (Lipinski definition) is 7. The lowest BCUT2D eigenvalue weighted by Crippen LogP contribution is -2.44. The molecule has 2 aliphatic rings. The van der Waals surface area contributed by atoms with Gasteiger partial charge in [-0.2, -0.15) is 9.37 Å². The van der Waals surface area contributed by atoms with E-state index < -0.39 is 14.3 Å². The van der Waals surface area contributed by atoms with Crippen molar-refractivity contribution in [2.75, 3.05) is 23.3 Å². The van der Waals surface area contributed by atoms with Gasteiger partial charge in [0.1, 0.15) is 17.0 Å². The number of halogens is 1. The summed E-state index contributed by atoms with van der Waals surface area (Å²) in [5, 5.41) is 5.11. The number of aromatic nitrogens is 5. The molecule has 4 aromatic rings. The summed E-state index contributed by atoms with van der Waals surface area (Å²) in [5.41, 5.74) is 2.35. The molecular weight excluding hydrogens is 509 g/mol. The average molecular weight is 548 g/mol. The third-order valence-corrected chi connectivity index (χ3v) is 13.4. The van der Waals surface area contributed by atoms with E-state index >= 15 is 0 Å². The lowest BCUT2D eigenvalue weighted by atomic mass is 10.2. The van der Waals surface area contributed by atoms with Gasteiger partial charge in [-0.15, -0.1) is 0 Å². The molecule has 0 spiro atoms. The second kappa shape index (κ2) is 9.82. The third kappa shape index (κ3) is 4.88. The first-order valence-electron chi connectivity index (χ1n) is 14.1. The Bertz CT molecular complexity index is 1490. The Morgan fingerprint density at radius 1 is 1.00 bits per heavy atom. The summed E-state index contributed by atoms with van der Waals surface area (Å²) in [5.74, 6) is 0.660. The predicted molar refractivity (Wildman–Crippen MR) is 157 cm³/mol. The van der Waals surface area contributed by atoms with Gasteiger partial charge >= 0.3 is 0 Å². The molecule has 0 unspecified atom stereocenters. The van der Waals surface area contributed by atoms with Crippen molar-refractivity contribution >= 4 is 47.7 Å². The van der Waals surface area contributed by atoms with Gasteiger partial charge in [-0.05, 0) is 55.6 Å². The van der Waals surface area contributed by atoms with Crippen molar-refractivity contribution in [3.63, 3.8) is 0 Å². The van der Waals surface area contributed by atoms with Crippen LogP contribution in [0, 0.1) is 5.95 Å². The van der Waals surface area contributed by atoms with Gasteiger partial charge < -0.3 is 19.2 Å². The Labute approximate surface area is 230 Å². The molecule has 1 saturated carbocycles. The lowest BCUT2D eigenvalue weighted by Gasteiger charge is -2.38. The first-order valence-corrected chi connectivity index (χ1v) is 17.0. The van der Waals surface area contributed by atoms with Crippen LogP contribution in [-0.2, 0) is 4.43 Å². The van der Waals surface area contributed by atoms with Crippen LogP contribution in [0.15, 0.2) is 36.8 Å². The molecule has 8 nitrogen and oxygen atoms in total. The minimum absolute atomic E-state index is 0.205. The molecule has 1 N–H and O–H groups in total. The molecule has 0 bridgehead atoms. The SMILES string of the molecule is CC(C)(C)[Si](C)(C)O[C@@H]1CCN(c2ccc(Nc3ncc4c5ccnc(F)c5n(C5CCCC5)c4n3)nc2)C1. The van der Waals surface area contributed by atoms with Crippen molar-refractivity contribution in [1.29, 1.82) is 0 Å². The summed E-state index contributed by atoms with van der Waals surface area (Å²) in [6.07, 6.45) is 10.8. The number of rotatable bonds is 6. The van der Waals surface area contributed by atoms with Crippen LogP contribution in [0.1, 0.15) is 58.9 Å². The van der Waals surface area contributed by atoms with Gasteiger partial charge in [0.05, 0.1) is 18.0 Å². The number of fused-ring (bicyclic) bond motifs is 3. The molecule has 4 aromatic heterocycles. The summed E-state index contributed by atoms with van der Waals surface area (Å²) in [4.78, 5) is 20.3. The van der Waals surface area contributed by atoms with Crippen molar-refractivity contribution in [2.24, 2.45) is 0 Å². The maximum absolute atomic E-state index is 14.9. The summed E-state index contributed by atoms with van der Waals surface area (Å²) in [7, 11) is -1.79. The fraction of sp³-hybridized carbons (Fsp3) is 0.517. The van der Waals surface area contributed by atoms with E-state index in [2.05, 4.69) is 65.1 Å². The highest BCUT2D eigenvalue weighted by Crippen LogP contribution is 2.40. The molecule has 5 heterocycles. The molecule has 1 atom stereocenters. The quantitative estimate of drug-likeness (QED) is 0.206. The van der Waals surface area contributed by atoms with E-state index in [0.29, 0.717) is 17.3 Å². The maximum atomic E-state index is 14.9. The van der Waals surface area contributed by atoms with E-state index in [-0.39, 0.29) is 17.2 Å². The fourth-order valence-corrected chi connectivity index (χ4v) is 7.10. The summed E-state index contributed by atoms with van der Waals surface area (Å²) in [6, 6.07) is 6.11. The molecule has 1 aliphatic carbocycles. The zero-order valence-corrected chi connectivity index (χ0v) is 24.5. The van der Waals surface area contributed by atoms with E-state index in [9.17, 15) is 4.39 Å². The minimum Gasteiger partial charge on any atom is -0.412 e. The van der Waals surface area contributed by atoms with Crippen LogP contribution in [-0.4, -0.2) is 52.0 Å². The monoisotopic (exact) mass is 547 g/mol. The van der Waals surface area contributed by atoms with Gasteiger partial charge in [-0.25, -0.2) is 15.0 Å². The standard InChI is InChI=1S/C29H38FN7OSi/c1-29(2,3)39(4,5)38-21-13-15-36(18-21)20-10-11-24(32-16-20)34-28-33-17-23-22-12-14-31-26(30)25(22)37(27(23)35-28)19-8-6-7-9-19/h10-12,14,16-17,19,21H,6-9,13,15,18H2,1-5H3,(H,32,33,34,35)/t21-/m1/s1. The smallest absolute Gasteiger partial charge is 0.237 e. The van der Waals surface area contributed by atoms with Crippen LogP contribution >= 0.6 is 0 Å². The number of nitrogens with zero attached hydrogens (tertiary/aromatic N) is 6. The average Bonchev–Trinajstić information content (AvgIpc) is 3.63. The van der Waals surface area contributed by atoms with E-state index in [0.717, 1.165) is 67.3 Å². The topological polar surface area (TPSA) is 81.0 Å². The Balaban J connectivity index is 1.20. The first kappa shape index (κ1) is 26.1. The highest BCUT2D eigenvalue weighted by Gasteiger charge is 2.40. The molecule has 10 heteroatoms. The molecule has 2 fully saturated rings. The predicted octanol–water partition coefficient (Wildman–Crippen LogP) is 6.97. The number of nitrogens with one attached hydrogen (secondary N) is 1. The number of anilines is 3. The van der Waals surface area contributed by atoms with Crippen molar-refractivity contribution in [3.8, 4) is 0 Å². The zero-order chi connectivity index (χ0) is 27.4. The normalized spacial score (nSPS) is 19.0. The maximum Gasteiger partial charge on any atom is 0.237 e. The van der Waals surface area contributed by atoms with E-state index in [1.54, 1.807) is 6.20 Å². The van der Waals surface area contributed by atoms with Crippen LogP contribution in [0.5, 0.6) is 0 Å². The van der Waals surface area contributed by atoms with Gasteiger partial charge in [0.25, 0.3) is 0 Å². The molecule has 1 aliphatic heterocycles. The van der Waals surface area contributed by atoms with Crippen LogP contribution in [0.25, 0.3) is 21.9 Å². The van der Waals surface area contributed by atoms with Crippen LogP contribution < -0.4 is 10.2 Å². The molecule has 0 aromatic carbocycles. The van der Waals surface area contributed by atoms with Gasteiger partial charge in [-0.1, -0.05) is 33.6 Å².